The highest BCUT2D eigenvalue weighted by Gasteiger charge is 2.26. The van der Waals surface area contributed by atoms with Crippen molar-refractivity contribution in [2.45, 2.75) is 24.7 Å². The Morgan fingerprint density at radius 2 is 1.96 bits per heavy atom. The lowest BCUT2D eigenvalue weighted by Gasteiger charge is -2.21. The van der Waals surface area contributed by atoms with Gasteiger partial charge in [0.2, 0.25) is 10.0 Å². The van der Waals surface area contributed by atoms with Gasteiger partial charge in [0.1, 0.15) is 15.9 Å². The average Bonchev–Trinajstić information content (AvgIpc) is 3.07. The van der Waals surface area contributed by atoms with E-state index in [1.165, 1.54) is 4.31 Å². The Morgan fingerprint density at radius 3 is 2.71 bits per heavy atom. The second-order valence-electron chi connectivity index (χ2n) is 5.36. The zero-order chi connectivity index (χ0) is 17.0. The number of sulfonamides is 1. The molecule has 1 aromatic carbocycles. The normalized spacial score (nSPS) is 12.1. The lowest BCUT2D eigenvalue weighted by molar-refractivity contribution is 0.413. The topological polar surface area (TPSA) is 76.1 Å². The van der Waals surface area contributed by atoms with Crippen LogP contribution in [0.4, 0.5) is 0 Å². The van der Waals surface area contributed by atoms with E-state index in [0.717, 1.165) is 23.8 Å². The molecule has 3 rings (SSSR count). The molecular formula is C16H18N4O2S2. The summed E-state index contributed by atoms with van der Waals surface area (Å²) in [7, 11) is -3.62. The molecule has 0 aliphatic carbocycles. The van der Waals surface area contributed by atoms with Gasteiger partial charge in [-0.05, 0) is 30.7 Å². The van der Waals surface area contributed by atoms with Crippen LogP contribution in [0.2, 0.25) is 0 Å². The fraction of sp³-hybridized carbons (Fsp3) is 0.312. The summed E-state index contributed by atoms with van der Waals surface area (Å²) in [6.45, 7) is 2.82. The molecule has 0 radical (unpaired) electrons. The summed E-state index contributed by atoms with van der Waals surface area (Å²) in [5.74, 6) is 0. The van der Waals surface area contributed by atoms with Crippen molar-refractivity contribution in [3.63, 3.8) is 0 Å². The monoisotopic (exact) mass is 362 g/mol. The fourth-order valence-corrected chi connectivity index (χ4v) is 4.80. The Morgan fingerprint density at radius 1 is 1.08 bits per heavy atom. The predicted molar refractivity (Wildman–Crippen MR) is 94.4 cm³/mol. The second-order valence-corrected chi connectivity index (χ2v) is 7.80. The van der Waals surface area contributed by atoms with Crippen LogP contribution in [-0.4, -0.2) is 39.5 Å². The summed E-state index contributed by atoms with van der Waals surface area (Å²) < 4.78 is 36.0. The highest BCUT2D eigenvalue weighted by atomic mass is 32.2. The number of nitrogens with zero attached hydrogens (tertiary/aromatic N) is 4. The summed E-state index contributed by atoms with van der Waals surface area (Å²) in [4.78, 5) is 4.49. The Kier molecular flexibility index (Phi) is 5.17. The molecular weight excluding hydrogens is 344 g/mol. The first kappa shape index (κ1) is 16.9. The molecule has 126 valence electrons. The first-order chi connectivity index (χ1) is 11.6. The number of aromatic nitrogens is 3. The van der Waals surface area contributed by atoms with Gasteiger partial charge in [-0.1, -0.05) is 19.1 Å². The third-order valence-electron chi connectivity index (χ3n) is 3.68. The highest BCUT2D eigenvalue weighted by molar-refractivity contribution is 7.89. The maximum Gasteiger partial charge on any atom is 0.245 e. The van der Waals surface area contributed by atoms with Crippen LogP contribution in [0.15, 0.2) is 47.5 Å². The molecule has 0 amide bonds. The zero-order valence-corrected chi connectivity index (χ0v) is 14.9. The van der Waals surface area contributed by atoms with Crippen molar-refractivity contribution >= 4 is 32.8 Å². The Labute approximate surface area is 145 Å². The predicted octanol–water partition coefficient (Wildman–Crippen LogP) is 2.73. The maximum atomic E-state index is 13.1. The number of benzene rings is 1. The van der Waals surface area contributed by atoms with Crippen molar-refractivity contribution in [3.05, 3.63) is 48.3 Å². The van der Waals surface area contributed by atoms with Crippen molar-refractivity contribution in [1.82, 2.24) is 18.0 Å². The van der Waals surface area contributed by atoms with Gasteiger partial charge in [-0.2, -0.15) is 13.1 Å². The average molecular weight is 362 g/mol. The van der Waals surface area contributed by atoms with Crippen molar-refractivity contribution in [2.24, 2.45) is 0 Å². The number of hydrogen-bond acceptors (Lipinski definition) is 6. The van der Waals surface area contributed by atoms with Crippen LogP contribution in [0.25, 0.3) is 11.0 Å². The van der Waals surface area contributed by atoms with E-state index in [-0.39, 0.29) is 4.90 Å². The Bertz CT molecular complexity index is 910. The van der Waals surface area contributed by atoms with Crippen LogP contribution < -0.4 is 0 Å². The molecule has 0 N–H and O–H groups in total. The van der Waals surface area contributed by atoms with E-state index in [1.807, 2.05) is 25.1 Å². The molecule has 6 nitrogen and oxygen atoms in total. The van der Waals surface area contributed by atoms with Gasteiger partial charge in [0.05, 0.1) is 11.7 Å². The van der Waals surface area contributed by atoms with Crippen LogP contribution in [0.3, 0.4) is 0 Å². The van der Waals surface area contributed by atoms with E-state index in [4.69, 9.17) is 0 Å². The van der Waals surface area contributed by atoms with Gasteiger partial charge in [0.15, 0.2) is 0 Å². The van der Waals surface area contributed by atoms with Crippen LogP contribution in [0, 0.1) is 0 Å². The van der Waals surface area contributed by atoms with Gasteiger partial charge in [-0.3, -0.25) is 4.98 Å². The summed E-state index contributed by atoms with van der Waals surface area (Å²) in [5.41, 5.74) is 1.94. The molecule has 3 aromatic rings. The van der Waals surface area contributed by atoms with Gasteiger partial charge in [-0.25, -0.2) is 8.42 Å². The van der Waals surface area contributed by atoms with Crippen molar-refractivity contribution in [2.75, 3.05) is 13.1 Å². The lowest BCUT2D eigenvalue weighted by Crippen LogP contribution is -2.34. The Hall–Kier alpha value is -1.90. The maximum absolute atomic E-state index is 13.1. The lowest BCUT2D eigenvalue weighted by atomic mass is 10.3. The quantitative estimate of drug-likeness (QED) is 0.646. The SMILES string of the molecule is CCCN(CCc1ccccn1)S(=O)(=O)c1cccc2nsnc12. The van der Waals surface area contributed by atoms with Crippen LogP contribution in [0.1, 0.15) is 19.0 Å². The third-order valence-corrected chi connectivity index (χ3v) is 6.16. The largest absolute Gasteiger partial charge is 0.261 e. The first-order valence-electron chi connectivity index (χ1n) is 7.74. The van der Waals surface area contributed by atoms with Crippen LogP contribution in [-0.2, 0) is 16.4 Å². The molecule has 0 bridgehead atoms. The molecule has 2 heterocycles. The van der Waals surface area contributed by atoms with Crippen molar-refractivity contribution in [1.29, 1.82) is 0 Å². The molecule has 0 atom stereocenters. The van der Waals surface area contributed by atoms with E-state index in [9.17, 15) is 8.42 Å². The molecule has 0 aliphatic rings. The minimum absolute atomic E-state index is 0.225. The molecule has 24 heavy (non-hydrogen) atoms. The minimum atomic E-state index is -3.62. The molecule has 0 saturated carbocycles. The highest BCUT2D eigenvalue weighted by Crippen LogP contribution is 2.24. The molecule has 0 aliphatic heterocycles. The number of pyridine rings is 1. The molecule has 8 heteroatoms. The van der Waals surface area contributed by atoms with Gasteiger partial charge >= 0.3 is 0 Å². The van der Waals surface area contributed by atoms with Gasteiger partial charge in [0, 0.05) is 31.4 Å². The number of rotatable bonds is 7. The molecule has 0 fully saturated rings. The summed E-state index contributed by atoms with van der Waals surface area (Å²) in [6.07, 6.45) is 3.04. The van der Waals surface area contributed by atoms with Gasteiger partial charge in [-0.15, -0.1) is 0 Å². The minimum Gasteiger partial charge on any atom is -0.261 e. The number of hydrogen-bond donors (Lipinski definition) is 0. The van der Waals surface area contributed by atoms with Crippen molar-refractivity contribution < 1.29 is 8.42 Å². The second kappa shape index (κ2) is 7.33. The standard InChI is InChI=1S/C16H18N4O2S2/c1-2-11-20(12-9-13-6-3-4-10-17-13)24(21,22)15-8-5-7-14-16(15)19-23-18-14/h3-8,10H,2,9,11-12H2,1H3. The van der Waals surface area contributed by atoms with E-state index in [1.54, 1.807) is 24.4 Å². The van der Waals surface area contributed by atoms with Crippen LogP contribution in [0.5, 0.6) is 0 Å². The van der Waals surface area contributed by atoms with Crippen molar-refractivity contribution in [3.8, 4) is 0 Å². The molecule has 0 saturated heterocycles. The summed E-state index contributed by atoms with van der Waals surface area (Å²) in [5, 5.41) is 0. The summed E-state index contributed by atoms with van der Waals surface area (Å²) >= 11 is 1.03. The summed E-state index contributed by atoms with van der Waals surface area (Å²) in [6, 6.07) is 10.7. The smallest absolute Gasteiger partial charge is 0.245 e. The van der Waals surface area contributed by atoms with Crippen LogP contribution >= 0.6 is 11.7 Å². The fourth-order valence-electron chi connectivity index (χ4n) is 2.52. The molecule has 0 spiro atoms. The van der Waals surface area contributed by atoms with E-state index >= 15 is 0 Å². The number of fused-ring (bicyclic) bond motifs is 1. The third kappa shape index (κ3) is 3.45. The molecule has 0 unspecified atom stereocenters. The van der Waals surface area contributed by atoms with E-state index in [2.05, 4.69) is 13.7 Å². The Balaban J connectivity index is 1.90. The van der Waals surface area contributed by atoms with Gasteiger partial charge in [0.25, 0.3) is 0 Å². The zero-order valence-electron chi connectivity index (χ0n) is 13.3. The van der Waals surface area contributed by atoms with E-state index < -0.39 is 10.0 Å². The van der Waals surface area contributed by atoms with E-state index in [0.29, 0.717) is 30.5 Å². The first-order valence-corrected chi connectivity index (χ1v) is 9.91. The van der Waals surface area contributed by atoms with Gasteiger partial charge < -0.3 is 0 Å². The molecule has 2 aromatic heterocycles.